The van der Waals surface area contributed by atoms with Crippen molar-refractivity contribution in [1.82, 2.24) is 9.47 Å². The molecule has 2 heterocycles. The molecule has 4 nitrogen and oxygen atoms in total. The summed E-state index contributed by atoms with van der Waals surface area (Å²) < 4.78 is 2.22. The highest BCUT2D eigenvalue weighted by atomic mass is 32.2. The highest BCUT2D eigenvalue weighted by Crippen LogP contribution is 2.37. The van der Waals surface area contributed by atoms with E-state index in [1.165, 1.54) is 4.90 Å². The number of anilines is 1. The summed E-state index contributed by atoms with van der Waals surface area (Å²) in [5.74, 6) is 0. The maximum atomic E-state index is 13.8. The van der Waals surface area contributed by atoms with Crippen molar-refractivity contribution in [1.29, 1.82) is 0 Å². The minimum atomic E-state index is -0.211. The molecule has 0 unspecified atom stereocenters. The van der Waals surface area contributed by atoms with Gasteiger partial charge in [-0.15, -0.1) is 11.8 Å². The molecule has 1 N–H and O–H groups in total. The standard InChI is InChI=1S/C28H27N3OS/c1-3-20-9-4-6-11-24(20)29-28(32)31-19-22-10-5-7-12-25(22)30-18-8-13-26(30)27(31)21-14-16-23(33-2)17-15-21/h4-18,27H,3,19H2,1-2H3,(H,29,32)/t27-/m1/s1. The van der Waals surface area contributed by atoms with Gasteiger partial charge in [-0.05, 0) is 65.8 Å². The van der Waals surface area contributed by atoms with Crippen LogP contribution in [0.1, 0.15) is 35.3 Å². The predicted octanol–water partition coefficient (Wildman–Crippen LogP) is 6.90. The molecule has 0 spiro atoms. The van der Waals surface area contributed by atoms with Gasteiger partial charge >= 0.3 is 6.03 Å². The van der Waals surface area contributed by atoms with E-state index in [9.17, 15) is 4.79 Å². The molecule has 2 amide bonds. The molecule has 166 valence electrons. The number of urea groups is 1. The fourth-order valence-electron chi connectivity index (χ4n) is 4.61. The third kappa shape index (κ3) is 4.05. The number of aromatic nitrogens is 1. The van der Waals surface area contributed by atoms with Crippen LogP contribution in [0.5, 0.6) is 0 Å². The molecule has 0 aliphatic carbocycles. The zero-order chi connectivity index (χ0) is 22.8. The van der Waals surface area contributed by atoms with Gasteiger partial charge in [0, 0.05) is 22.5 Å². The van der Waals surface area contributed by atoms with E-state index in [0.717, 1.165) is 40.2 Å². The second kappa shape index (κ2) is 9.20. The number of rotatable bonds is 4. The van der Waals surface area contributed by atoms with Crippen LogP contribution in [0.25, 0.3) is 5.69 Å². The van der Waals surface area contributed by atoms with E-state index in [2.05, 4.69) is 89.9 Å². The fourth-order valence-corrected chi connectivity index (χ4v) is 5.02. The van der Waals surface area contributed by atoms with Crippen LogP contribution < -0.4 is 5.32 Å². The highest BCUT2D eigenvalue weighted by Gasteiger charge is 2.33. The maximum absolute atomic E-state index is 13.8. The first-order valence-electron chi connectivity index (χ1n) is 11.2. The van der Waals surface area contributed by atoms with Gasteiger partial charge in [0.25, 0.3) is 0 Å². The van der Waals surface area contributed by atoms with E-state index in [1.807, 2.05) is 29.2 Å². The Hall–Kier alpha value is -3.44. The zero-order valence-corrected chi connectivity index (χ0v) is 19.7. The van der Waals surface area contributed by atoms with Gasteiger partial charge in [-0.1, -0.05) is 55.5 Å². The lowest BCUT2D eigenvalue weighted by molar-refractivity contribution is 0.194. The molecule has 0 bridgehead atoms. The quantitative estimate of drug-likeness (QED) is 0.341. The van der Waals surface area contributed by atoms with Gasteiger partial charge in [0.05, 0.1) is 18.3 Å². The molecule has 0 saturated carbocycles. The Labute approximate surface area is 199 Å². The first-order chi connectivity index (χ1) is 16.2. The van der Waals surface area contributed by atoms with E-state index >= 15 is 0 Å². The molecule has 1 aliphatic rings. The normalized spacial score (nSPS) is 14.8. The van der Waals surface area contributed by atoms with Crippen LogP contribution in [0.2, 0.25) is 0 Å². The predicted molar refractivity (Wildman–Crippen MR) is 136 cm³/mol. The lowest BCUT2D eigenvalue weighted by Crippen LogP contribution is -2.38. The van der Waals surface area contributed by atoms with Crippen molar-refractivity contribution in [2.45, 2.75) is 30.8 Å². The SMILES string of the molecule is CCc1ccccc1NC(=O)N1Cc2ccccc2-n2cccc2[C@H]1c1ccc(SC)cc1. The van der Waals surface area contributed by atoms with Crippen LogP contribution in [0.15, 0.2) is 96.0 Å². The van der Waals surface area contributed by atoms with E-state index in [0.29, 0.717) is 6.54 Å². The van der Waals surface area contributed by atoms with Crippen molar-refractivity contribution in [3.8, 4) is 5.69 Å². The summed E-state index contributed by atoms with van der Waals surface area (Å²) in [6, 6.07) is 28.8. The lowest BCUT2D eigenvalue weighted by Gasteiger charge is -2.31. The van der Waals surface area contributed by atoms with E-state index in [4.69, 9.17) is 0 Å². The summed E-state index contributed by atoms with van der Waals surface area (Å²) in [5, 5.41) is 3.21. The van der Waals surface area contributed by atoms with Gasteiger partial charge < -0.3 is 14.8 Å². The van der Waals surface area contributed by atoms with Crippen LogP contribution in [-0.4, -0.2) is 21.8 Å². The van der Waals surface area contributed by atoms with Gasteiger partial charge in [-0.3, -0.25) is 0 Å². The Balaban J connectivity index is 1.62. The minimum Gasteiger partial charge on any atom is -0.318 e. The van der Waals surface area contributed by atoms with Gasteiger partial charge in [0.2, 0.25) is 0 Å². The van der Waals surface area contributed by atoms with Gasteiger partial charge in [0.15, 0.2) is 0 Å². The van der Waals surface area contributed by atoms with E-state index in [1.54, 1.807) is 11.8 Å². The van der Waals surface area contributed by atoms with Gasteiger partial charge in [0.1, 0.15) is 0 Å². The number of carbonyl (C=O) groups excluding carboxylic acids is 1. The third-order valence-corrected chi connectivity index (χ3v) is 7.04. The summed E-state index contributed by atoms with van der Waals surface area (Å²) in [6.45, 7) is 2.63. The number of nitrogens with zero attached hydrogens (tertiary/aromatic N) is 2. The number of aryl methyl sites for hydroxylation is 1. The molecule has 4 aromatic rings. The molecule has 1 atom stereocenters. The number of amides is 2. The van der Waals surface area contributed by atoms with Crippen LogP contribution in [-0.2, 0) is 13.0 Å². The van der Waals surface area contributed by atoms with Crippen molar-refractivity contribution < 1.29 is 4.79 Å². The summed E-state index contributed by atoms with van der Waals surface area (Å²) >= 11 is 1.72. The molecule has 0 radical (unpaired) electrons. The fraction of sp³-hybridized carbons (Fsp3) is 0.179. The molecule has 1 aromatic heterocycles. The average molecular weight is 454 g/mol. The summed E-state index contributed by atoms with van der Waals surface area (Å²) in [6.07, 6.45) is 5.03. The zero-order valence-electron chi connectivity index (χ0n) is 18.9. The molecule has 5 heteroatoms. The number of benzene rings is 3. The highest BCUT2D eigenvalue weighted by molar-refractivity contribution is 7.98. The van der Waals surface area contributed by atoms with Crippen LogP contribution in [0, 0.1) is 0 Å². The second-order valence-electron chi connectivity index (χ2n) is 8.18. The van der Waals surface area contributed by atoms with Crippen molar-refractivity contribution in [2.75, 3.05) is 11.6 Å². The van der Waals surface area contributed by atoms with Crippen molar-refractivity contribution >= 4 is 23.5 Å². The number of nitrogens with one attached hydrogen (secondary N) is 1. The molecule has 1 aliphatic heterocycles. The molecule has 3 aromatic carbocycles. The minimum absolute atomic E-state index is 0.0979. The van der Waals surface area contributed by atoms with Crippen molar-refractivity contribution in [3.63, 3.8) is 0 Å². The Morgan fingerprint density at radius 2 is 1.73 bits per heavy atom. The average Bonchev–Trinajstić information content (AvgIpc) is 3.28. The van der Waals surface area contributed by atoms with E-state index < -0.39 is 0 Å². The van der Waals surface area contributed by atoms with Crippen LogP contribution in [0.4, 0.5) is 10.5 Å². The topological polar surface area (TPSA) is 37.3 Å². The number of para-hydroxylation sites is 2. The number of carbonyl (C=O) groups is 1. The number of hydrogen-bond acceptors (Lipinski definition) is 2. The molecule has 0 fully saturated rings. The first kappa shape index (κ1) is 21.4. The largest absolute Gasteiger partial charge is 0.322 e. The number of thioether (sulfide) groups is 1. The van der Waals surface area contributed by atoms with Gasteiger partial charge in [-0.25, -0.2) is 4.79 Å². The van der Waals surface area contributed by atoms with E-state index in [-0.39, 0.29) is 12.1 Å². The van der Waals surface area contributed by atoms with Crippen molar-refractivity contribution in [3.05, 3.63) is 114 Å². The Bertz CT molecular complexity index is 1280. The molecular weight excluding hydrogens is 426 g/mol. The first-order valence-corrected chi connectivity index (χ1v) is 12.5. The number of hydrogen-bond donors (Lipinski definition) is 1. The number of fused-ring (bicyclic) bond motifs is 3. The summed E-state index contributed by atoms with van der Waals surface area (Å²) in [4.78, 5) is 17.0. The molecule has 5 rings (SSSR count). The Morgan fingerprint density at radius 3 is 2.52 bits per heavy atom. The maximum Gasteiger partial charge on any atom is 0.322 e. The van der Waals surface area contributed by atoms with Crippen LogP contribution in [0.3, 0.4) is 0 Å². The van der Waals surface area contributed by atoms with Gasteiger partial charge in [-0.2, -0.15) is 0 Å². The molecule has 33 heavy (non-hydrogen) atoms. The van der Waals surface area contributed by atoms with Crippen molar-refractivity contribution in [2.24, 2.45) is 0 Å². The second-order valence-corrected chi connectivity index (χ2v) is 9.06. The summed E-state index contributed by atoms with van der Waals surface area (Å²) in [5.41, 5.74) is 6.42. The molecular formula is C28H27N3OS. The van der Waals surface area contributed by atoms with Crippen LogP contribution >= 0.6 is 11.8 Å². The Kier molecular flexibility index (Phi) is 5.97. The lowest BCUT2D eigenvalue weighted by atomic mass is 10.0. The summed E-state index contributed by atoms with van der Waals surface area (Å²) in [7, 11) is 0. The molecule has 0 saturated heterocycles. The Morgan fingerprint density at radius 1 is 0.970 bits per heavy atom. The third-order valence-electron chi connectivity index (χ3n) is 6.30. The smallest absolute Gasteiger partial charge is 0.318 e. The monoisotopic (exact) mass is 453 g/mol.